The Balaban J connectivity index is 5.21. The van der Waals surface area contributed by atoms with Crippen LogP contribution in [0, 0.1) is 0 Å². The molecule has 0 aliphatic carbocycles. The van der Waals surface area contributed by atoms with Gasteiger partial charge >= 0.3 is 39.5 Å². The van der Waals surface area contributed by atoms with Gasteiger partial charge in [-0.1, -0.05) is 310 Å². The highest BCUT2D eigenvalue weighted by Gasteiger charge is 2.30. The molecule has 88 heavy (non-hydrogen) atoms. The van der Waals surface area contributed by atoms with Gasteiger partial charge in [0.25, 0.3) is 0 Å². The number of aliphatic hydroxyl groups excluding tert-OH is 1. The van der Waals surface area contributed by atoms with Crippen LogP contribution in [-0.4, -0.2) is 96.7 Å². The van der Waals surface area contributed by atoms with Gasteiger partial charge in [0.05, 0.1) is 26.4 Å². The number of unbranched alkanes of at least 4 members (excludes halogenated alkanes) is 44. The minimum Gasteiger partial charge on any atom is -0.462 e. The largest absolute Gasteiger partial charge is 0.472 e. The zero-order valence-corrected chi connectivity index (χ0v) is 58.5. The number of esters is 4. The fourth-order valence-electron chi connectivity index (χ4n) is 10.5. The second-order valence-electron chi connectivity index (χ2n) is 24.9. The first-order chi connectivity index (χ1) is 42.7. The molecule has 0 aromatic carbocycles. The van der Waals surface area contributed by atoms with E-state index >= 15 is 0 Å². The van der Waals surface area contributed by atoms with Gasteiger partial charge in [-0.15, -0.1) is 0 Å². The van der Waals surface area contributed by atoms with Crippen molar-refractivity contribution in [2.75, 3.05) is 39.6 Å². The van der Waals surface area contributed by atoms with E-state index in [2.05, 4.69) is 27.7 Å². The van der Waals surface area contributed by atoms with Crippen molar-refractivity contribution in [2.24, 2.45) is 0 Å². The summed E-state index contributed by atoms with van der Waals surface area (Å²) in [6, 6.07) is 0. The first-order valence-electron chi connectivity index (χ1n) is 36.3. The van der Waals surface area contributed by atoms with Crippen molar-refractivity contribution in [2.45, 2.75) is 380 Å². The molecule has 0 saturated carbocycles. The normalized spacial score (nSPS) is 14.0. The van der Waals surface area contributed by atoms with E-state index in [0.717, 1.165) is 89.9 Å². The van der Waals surface area contributed by atoms with Crippen LogP contribution >= 0.6 is 15.6 Å². The maximum atomic E-state index is 13.0. The molecule has 0 fully saturated rings. The average molecular weight is 1300 g/mol. The number of carbonyl (C=O) groups excluding carboxylic acids is 4. The lowest BCUT2D eigenvalue weighted by Gasteiger charge is -2.21. The van der Waals surface area contributed by atoms with Crippen LogP contribution in [-0.2, 0) is 65.4 Å². The molecular formula is C69H134O17P2. The molecule has 0 spiro atoms. The first kappa shape index (κ1) is 86.1. The lowest BCUT2D eigenvalue weighted by atomic mass is 10.0. The standard InChI is InChI=1S/C69H134O17P2/c1-5-9-13-17-21-25-28-29-30-31-32-33-36-40-44-48-52-56-69(74)86-65(60-80-67(72)54-50-46-42-38-34-26-22-18-14-10-6-2)62-84-88(77,78)82-58-63(70)57-81-87(75,76)83-61-64(59-79-66(71)53-49-45-41-37-24-20-16-12-8-4)85-68(73)55-51-47-43-39-35-27-23-19-15-11-7-3/h63-65,70H,5-62H2,1-4H3,(H,75,76)(H,77,78)/t63-,64+,65+/m0/s1. The molecule has 2 unspecified atom stereocenters. The SMILES string of the molecule is CCCCCCCCCCCCCCCCCCCC(=O)O[C@H](COC(=O)CCCCCCCCCCCCC)COP(=O)(O)OC[C@@H](O)COP(=O)(O)OC[C@@H](COC(=O)CCCCCCCCCCC)OC(=O)CCCCCCCCCCCCC. The molecule has 0 aliphatic rings. The number of aliphatic hydroxyl groups is 1. The third kappa shape index (κ3) is 62.8. The summed E-state index contributed by atoms with van der Waals surface area (Å²) in [6.45, 7) is 4.92. The smallest absolute Gasteiger partial charge is 0.462 e. The highest BCUT2D eigenvalue weighted by molar-refractivity contribution is 7.47. The molecule has 19 heteroatoms. The second-order valence-corrected chi connectivity index (χ2v) is 27.8. The van der Waals surface area contributed by atoms with E-state index in [4.69, 9.17) is 37.0 Å². The van der Waals surface area contributed by atoms with E-state index in [-0.39, 0.29) is 25.7 Å². The minimum absolute atomic E-state index is 0.107. The summed E-state index contributed by atoms with van der Waals surface area (Å²) < 4.78 is 68.2. The number of hydrogen-bond donors (Lipinski definition) is 3. The first-order valence-corrected chi connectivity index (χ1v) is 39.3. The molecule has 0 bridgehead atoms. The van der Waals surface area contributed by atoms with Gasteiger partial charge in [0.15, 0.2) is 12.2 Å². The van der Waals surface area contributed by atoms with Crippen molar-refractivity contribution in [1.29, 1.82) is 0 Å². The van der Waals surface area contributed by atoms with Crippen molar-refractivity contribution >= 4 is 39.5 Å². The Morgan fingerprint density at radius 3 is 0.670 bits per heavy atom. The van der Waals surface area contributed by atoms with Crippen LogP contribution in [0.25, 0.3) is 0 Å². The van der Waals surface area contributed by atoms with Crippen molar-refractivity contribution in [3.8, 4) is 0 Å². The van der Waals surface area contributed by atoms with Crippen molar-refractivity contribution in [3.05, 3.63) is 0 Å². The predicted octanol–water partition coefficient (Wildman–Crippen LogP) is 19.9. The average Bonchev–Trinajstić information content (AvgIpc) is 3.71. The molecule has 0 heterocycles. The highest BCUT2D eigenvalue weighted by atomic mass is 31.2. The number of hydrogen-bond acceptors (Lipinski definition) is 15. The van der Waals surface area contributed by atoms with Crippen LogP contribution in [0.1, 0.15) is 362 Å². The Labute approximate surface area is 537 Å². The summed E-state index contributed by atoms with van der Waals surface area (Å²) in [7, 11) is -9.89. The monoisotopic (exact) mass is 1300 g/mol. The van der Waals surface area contributed by atoms with Gasteiger partial charge in [0.1, 0.15) is 19.3 Å². The summed E-state index contributed by atoms with van der Waals surface area (Å²) >= 11 is 0. The lowest BCUT2D eigenvalue weighted by Crippen LogP contribution is -2.30. The summed E-state index contributed by atoms with van der Waals surface area (Å²) in [6.07, 6.45) is 51.2. The van der Waals surface area contributed by atoms with Crippen LogP contribution in [0.4, 0.5) is 0 Å². The van der Waals surface area contributed by atoms with Gasteiger partial charge in [0, 0.05) is 25.7 Å². The second kappa shape index (κ2) is 63.8. The number of phosphoric acid groups is 2. The lowest BCUT2D eigenvalue weighted by molar-refractivity contribution is -0.161. The van der Waals surface area contributed by atoms with Crippen molar-refractivity contribution < 1.29 is 80.2 Å². The minimum atomic E-state index is -4.95. The van der Waals surface area contributed by atoms with Crippen molar-refractivity contribution in [3.63, 3.8) is 0 Å². The summed E-state index contributed by atoms with van der Waals surface area (Å²) in [5, 5.41) is 10.6. The molecule has 0 rings (SSSR count). The predicted molar refractivity (Wildman–Crippen MR) is 354 cm³/mol. The molecule has 3 N–H and O–H groups in total. The number of carbonyl (C=O) groups is 4. The van der Waals surface area contributed by atoms with E-state index in [0.29, 0.717) is 25.7 Å². The molecule has 522 valence electrons. The Kier molecular flexibility index (Phi) is 62.4. The van der Waals surface area contributed by atoms with Gasteiger partial charge < -0.3 is 33.8 Å². The molecule has 0 aromatic heterocycles. The van der Waals surface area contributed by atoms with E-state index in [9.17, 15) is 43.2 Å². The fourth-order valence-corrected chi connectivity index (χ4v) is 12.1. The molecular weight excluding hydrogens is 1160 g/mol. The number of phosphoric ester groups is 2. The maximum absolute atomic E-state index is 13.0. The van der Waals surface area contributed by atoms with E-state index in [1.807, 2.05) is 0 Å². The highest BCUT2D eigenvalue weighted by Crippen LogP contribution is 2.45. The van der Waals surface area contributed by atoms with E-state index in [1.54, 1.807) is 0 Å². The van der Waals surface area contributed by atoms with E-state index < -0.39 is 97.5 Å². The van der Waals surface area contributed by atoms with Crippen molar-refractivity contribution in [1.82, 2.24) is 0 Å². The number of rotatable bonds is 70. The third-order valence-corrected chi connectivity index (χ3v) is 18.0. The quantitative estimate of drug-likeness (QED) is 0.0222. The van der Waals surface area contributed by atoms with Gasteiger partial charge in [-0.2, -0.15) is 0 Å². The van der Waals surface area contributed by atoms with Crippen LogP contribution in [0.5, 0.6) is 0 Å². The van der Waals surface area contributed by atoms with E-state index in [1.165, 1.54) is 193 Å². The number of ether oxygens (including phenoxy) is 4. The Morgan fingerprint density at radius 2 is 0.455 bits per heavy atom. The Hall–Kier alpha value is -1.94. The molecule has 0 amide bonds. The Morgan fingerprint density at radius 1 is 0.273 bits per heavy atom. The van der Waals surface area contributed by atoms with Gasteiger partial charge in [-0.3, -0.25) is 37.3 Å². The van der Waals surface area contributed by atoms with Crippen LogP contribution in [0.3, 0.4) is 0 Å². The molecule has 0 radical (unpaired) electrons. The van der Waals surface area contributed by atoms with Crippen LogP contribution in [0.2, 0.25) is 0 Å². The van der Waals surface area contributed by atoms with Crippen LogP contribution in [0.15, 0.2) is 0 Å². The molecule has 0 aromatic rings. The van der Waals surface area contributed by atoms with Gasteiger partial charge in [-0.25, -0.2) is 9.13 Å². The van der Waals surface area contributed by atoms with Gasteiger partial charge in [0.2, 0.25) is 0 Å². The third-order valence-electron chi connectivity index (χ3n) is 16.1. The summed E-state index contributed by atoms with van der Waals surface area (Å²) in [5.74, 6) is -2.12. The summed E-state index contributed by atoms with van der Waals surface area (Å²) in [4.78, 5) is 72.4. The topological polar surface area (TPSA) is 237 Å². The molecule has 0 saturated heterocycles. The molecule has 5 atom stereocenters. The fraction of sp³-hybridized carbons (Fsp3) is 0.942. The van der Waals surface area contributed by atoms with Gasteiger partial charge in [-0.05, 0) is 25.7 Å². The van der Waals surface area contributed by atoms with Crippen LogP contribution < -0.4 is 0 Å². The summed E-state index contributed by atoms with van der Waals surface area (Å²) in [5.41, 5.74) is 0. The Bertz CT molecular complexity index is 1690. The zero-order valence-electron chi connectivity index (χ0n) is 56.7. The molecule has 0 aliphatic heterocycles. The molecule has 17 nitrogen and oxygen atoms in total. The zero-order chi connectivity index (χ0) is 64.7. The maximum Gasteiger partial charge on any atom is 0.472 e.